The smallest absolute Gasteiger partial charge is 0.257 e. The highest BCUT2D eigenvalue weighted by atomic mass is 35.5. The standard InChI is InChI=1S/C9H10F3NO.ClH/c1-14-6-4-2-3-5(10)7(6)8(13)9(11)12;/h2-4,8-9H,13H2,1H3;1H/t8-;/m0./s1. The normalized spacial score (nSPS) is 12.1. The number of methoxy groups -OCH3 is 1. The summed E-state index contributed by atoms with van der Waals surface area (Å²) in [7, 11) is 1.27. The lowest BCUT2D eigenvalue weighted by molar-refractivity contribution is 0.113. The molecule has 0 saturated heterocycles. The third-order valence-electron chi connectivity index (χ3n) is 1.84. The first kappa shape index (κ1) is 14.1. The first-order chi connectivity index (χ1) is 6.57. The topological polar surface area (TPSA) is 35.2 Å². The molecule has 0 radical (unpaired) electrons. The van der Waals surface area contributed by atoms with Gasteiger partial charge >= 0.3 is 0 Å². The highest BCUT2D eigenvalue weighted by Crippen LogP contribution is 2.29. The Labute approximate surface area is 91.6 Å². The SMILES string of the molecule is COc1cccc(F)c1[C@H](N)C(F)F.Cl. The van der Waals surface area contributed by atoms with Crippen molar-refractivity contribution in [2.24, 2.45) is 5.73 Å². The van der Waals surface area contributed by atoms with Gasteiger partial charge in [-0.05, 0) is 12.1 Å². The Morgan fingerprint density at radius 3 is 2.40 bits per heavy atom. The molecule has 0 aliphatic rings. The molecule has 2 nitrogen and oxygen atoms in total. The highest BCUT2D eigenvalue weighted by Gasteiger charge is 2.24. The van der Waals surface area contributed by atoms with E-state index in [0.29, 0.717) is 0 Å². The fraction of sp³-hybridized carbons (Fsp3) is 0.333. The van der Waals surface area contributed by atoms with E-state index in [1.807, 2.05) is 0 Å². The number of rotatable bonds is 3. The predicted molar refractivity (Wildman–Crippen MR) is 53.1 cm³/mol. The second-order valence-corrected chi connectivity index (χ2v) is 2.72. The fourth-order valence-electron chi connectivity index (χ4n) is 1.14. The van der Waals surface area contributed by atoms with E-state index in [1.54, 1.807) is 0 Å². The van der Waals surface area contributed by atoms with Crippen LogP contribution in [0.25, 0.3) is 0 Å². The molecule has 15 heavy (non-hydrogen) atoms. The maximum atomic E-state index is 13.2. The van der Waals surface area contributed by atoms with Crippen molar-refractivity contribution in [2.45, 2.75) is 12.5 Å². The zero-order valence-corrected chi connectivity index (χ0v) is 8.73. The van der Waals surface area contributed by atoms with Crippen LogP contribution in [-0.4, -0.2) is 13.5 Å². The van der Waals surface area contributed by atoms with Crippen LogP contribution in [0.4, 0.5) is 13.2 Å². The second kappa shape index (κ2) is 5.82. The highest BCUT2D eigenvalue weighted by molar-refractivity contribution is 5.85. The van der Waals surface area contributed by atoms with Crippen LogP contribution in [0.3, 0.4) is 0 Å². The molecule has 0 spiro atoms. The average Bonchev–Trinajstić information content (AvgIpc) is 2.16. The van der Waals surface area contributed by atoms with Gasteiger partial charge in [0.25, 0.3) is 6.43 Å². The average molecular weight is 242 g/mol. The summed E-state index contributed by atoms with van der Waals surface area (Å²) in [5.74, 6) is -0.741. The van der Waals surface area contributed by atoms with Crippen LogP contribution >= 0.6 is 12.4 Å². The van der Waals surface area contributed by atoms with Crippen molar-refractivity contribution in [1.82, 2.24) is 0 Å². The first-order valence-corrected chi connectivity index (χ1v) is 3.94. The number of hydrogen-bond donors (Lipinski definition) is 1. The van der Waals surface area contributed by atoms with Gasteiger partial charge in [-0.15, -0.1) is 12.4 Å². The van der Waals surface area contributed by atoms with Crippen molar-refractivity contribution < 1.29 is 17.9 Å². The minimum absolute atomic E-state index is 0. The van der Waals surface area contributed by atoms with Crippen molar-refractivity contribution >= 4 is 12.4 Å². The monoisotopic (exact) mass is 241 g/mol. The Morgan fingerprint density at radius 1 is 1.33 bits per heavy atom. The molecule has 1 aromatic carbocycles. The molecule has 86 valence electrons. The minimum Gasteiger partial charge on any atom is -0.496 e. The molecule has 1 atom stereocenters. The summed E-state index contributed by atoms with van der Waals surface area (Å²) in [6.07, 6.45) is -2.82. The second-order valence-electron chi connectivity index (χ2n) is 2.72. The van der Waals surface area contributed by atoms with Crippen LogP contribution in [0.5, 0.6) is 5.75 Å². The Bertz CT molecular complexity index is 322. The molecule has 0 aliphatic carbocycles. The van der Waals surface area contributed by atoms with Crippen LogP contribution in [0, 0.1) is 5.82 Å². The Morgan fingerprint density at radius 2 is 1.93 bits per heavy atom. The number of halogens is 4. The molecule has 0 aliphatic heterocycles. The maximum Gasteiger partial charge on any atom is 0.257 e. The van der Waals surface area contributed by atoms with Crippen LogP contribution in [0.2, 0.25) is 0 Å². The van der Waals surface area contributed by atoms with E-state index in [2.05, 4.69) is 0 Å². The third kappa shape index (κ3) is 3.00. The summed E-state index contributed by atoms with van der Waals surface area (Å²) in [4.78, 5) is 0. The van der Waals surface area contributed by atoms with Crippen LogP contribution in [0.15, 0.2) is 18.2 Å². The van der Waals surface area contributed by atoms with E-state index in [4.69, 9.17) is 10.5 Å². The molecule has 0 heterocycles. The molecule has 0 unspecified atom stereocenters. The summed E-state index contributed by atoms with van der Waals surface area (Å²) in [5, 5.41) is 0. The molecule has 1 aromatic rings. The number of ether oxygens (including phenoxy) is 1. The fourth-order valence-corrected chi connectivity index (χ4v) is 1.14. The van der Waals surface area contributed by atoms with Gasteiger partial charge in [0, 0.05) is 0 Å². The van der Waals surface area contributed by atoms with Crippen molar-refractivity contribution in [1.29, 1.82) is 0 Å². The molecular formula is C9H11ClF3NO. The number of nitrogens with two attached hydrogens (primary N) is 1. The molecule has 0 fully saturated rings. The zero-order chi connectivity index (χ0) is 10.7. The molecule has 0 bridgehead atoms. The predicted octanol–water partition coefficient (Wildman–Crippen LogP) is 2.52. The lowest BCUT2D eigenvalue weighted by atomic mass is 10.1. The van der Waals surface area contributed by atoms with Gasteiger partial charge in [0.1, 0.15) is 11.6 Å². The summed E-state index contributed by atoms with van der Waals surface area (Å²) in [6, 6.07) is 2.17. The van der Waals surface area contributed by atoms with Crippen molar-refractivity contribution in [3.8, 4) is 5.75 Å². The molecule has 0 aromatic heterocycles. The van der Waals surface area contributed by atoms with Gasteiger partial charge in [-0.25, -0.2) is 13.2 Å². The van der Waals surface area contributed by atoms with Gasteiger partial charge in [-0.1, -0.05) is 6.07 Å². The largest absolute Gasteiger partial charge is 0.496 e. The van der Waals surface area contributed by atoms with E-state index in [1.165, 1.54) is 19.2 Å². The number of hydrogen-bond acceptors (Lipinski definition) is 2. The van der Waals surface area contributed by atoms with E-state index in [-0.39, 0.29) is 23.7 Å². The lowest BCUT2D eigenvalue weighted by Gasteiger charge is -2.15. The molecule has 2 N–H and O–H groups in total. The summed E-state index contributed by atoms with van der Waals surface area (Å²) >= 11 is 0. The van der Waals surface area contributed by atoms with Crippen LogP contribution in [0.1, 0.15) is 11.6 Å². The van der Waals surface area contributed by atoms with E-state index < -0.39 is 18.3 Å². The minimum atomic E-state index is -2.82. The summed E-state index contributed by atoms with van der Waals surface area (Å²) < 4.78 is 42.4. The molecular weight excluding hydrogens is 231 g/mol. The van der Waals surface area contributed by atoms with Gasteiger partial charge in [0.05, 0.1) is 18.7 Å². The number of alkyl halides is 2. The zero-order valence-electron chi connectivity index (χ0n) is 7.91. The molecule has 6 heteroatoms. The number of benzene rings is 1. The van der Waals surface area contributed by atoms with Crippen molar-refractivity contribution in [2.75, 3.05) is 7.11 Å². The third-order valence-corrected chi connectivity index (χ3v) is 1.84. The van der Waals surface area contributed by atoms with Gasteiger partial charge in [0.15, 0.2) is 0 Å². The quantitative estimate of drug-likeness (QED) is 0.883. The van der Waals surface area contributed by atoms with Gasteiger partial charge in [-0.3, -0.25) is 0 Å². The Hall–Kier alpha value is -0.940. The van der Waals surface area contributed by atoms with Crippen molar-refractivity contribution in [3.63, 3.8) is 0 Å². The Balaban J connectivity index is 0.00000196. The first-order valence-electron chi connectivity index (χ1n) is 3.94. The lowest BCUT2D eigenvalue weighted by Crippen LogP contribution is -2.21. The Kier molecular flexibility index (Phi) is 5.46. The van der Waals surface area contributed by atoms with Gasteiger partial charge < -0.3 is 10.5 Å². The van der Waals surface area contributed by atoms with E-state index >= 15 is 0 Å². The summed E-state index contributed by atoms with van der Waals surface area (Å²) in [6.45, 7) is 0. The molecule has 0 saturated carbocycles. The molecule has 0 amide bonds. The van der Waals surface area contributed by atoms with Gasteiger partial charge in [0.2, 0.25) is 0 Å². The van der Waals surface area contributed by atoms with Crippen molar-refractivity contribution in [3.05, 3.63) is 29.6 Å². The maximum absolute atomic E-state index is 13.2. The van der Waals surface area contributed by atoms with E-state index in [0.717, 1.165) is 6.07 Å². The van der Waals surface area contributed by atoms with Gasteiger partial charge in [-0.2, -0.15) is 0 Å². The van der Waals surface area contributed by atoms with E-state index in [9.17, 15) is 13.2 Å². The van der Waals surface area contributed by atoms with Crippen LogP contribution < -0.4 is 10.5 Å². The molecule has 1 rings (SSSR count). The summed E-state index contributed by atoms with van der Waals surface area (Å²) in [5.41, 5.74) is 4.86. The van der Waals surface area contributed by atoms with Crippen LogP contribution in [-0.2, 0) is 0 Å².